The molecule has 1 amide bonds. The molecule has 2 rings (SSSR count). The van der Waals surface area contributed by atoms with Crippen LogP contribution in [0.15, 0.2) is 18.2 Å². The van der Waals surface area contributed by atoms with Crippen molar-refractivity contribution in [2.75, 3.05) is 19.0 Å². The van der Waals surface area contributed by atoms with Gasteiger partial charge in [0.2, 0.25) is 0 Å². The standard InChI is InChI=1S/C18H24F3NO3/c1-3-25-15-9-8-13(12-14(15)18(19,20)21)22-16(23)17(24-2)10-6-4-5-7-11-17/h8-9,12H,3-7,10-11H2,1-2H3,(H,22,23). The van der Waals surface area contributed by atoms with Crippen molar-refractivity contribution in [1.29, 1.82) is 0 Å². The average Bonchev–Trinajstić information content (AvgIpc) is 2.82. The first-order valence-electron chi connectivity index (χ1n) is 8.53. The Morgan fingerprint density at radius 3 is 2.36 bits per heavy atom. The minimum Gasteiger partial charge on any atom is -0.493 e. The predicted molar refractivity (Wildman–Crippen MR) is 88.7 cm³/mol. The summed E-state index contributed by atoms with van der Waals surface area (Å²) in [4.78, 5) is 12.7. The van der Waals surface area contributed by atoms with Crippen molar-refractivity contribution in [3.05, 3.63) is 23.8 Å². The third kappa shape index (κ3) is 4.66. The molecule has 0 aliphatic heterocycles. The molecule has 0 saturated heterocycles. The largest absolute Gasteiger partial charge is 0.493 e. The molecule has 25 heavy (non-hydrogen) atoms. The highest BCUT2D eigenvalue weighted by Crippen LogP contribution is 2.38. The number of amides is 1. The Morgan fingerprint density at radius 2 is 1.84 bits per heavy atom. The Balaban J connectivity index is 2.25. The topological polar surface area (TPSA) is 47.6 Å². The van der Waals surface area contributed by atoms with Gasteiger partial charge in [0.05, 0.1) is 12.2 Å². The lowest BCUT2D eigenvalue weighted by atomic mass is 9.93. The highest BCUT2D eigenvalue weighted by molar-refractivity contribution is 5.97. The van der Waals surface area contributed by atoms with Crippen LogP contribution in [-0.4, -0.2) is 25.2 Å². The fraction of sp³-hybridized carbons (Fsp3) is 0.611. The van der Waals surface area contributed by atoms with E-state index >= 15 is 0 Å². The van der Waals surface area contributed by atoms with E-state index in [1.165, 1.54) is 19.2 Å². The maximum absolute atomic E-state index is 13.2. The molecule has 1 N–H and O–H groups in total. The van der Waals surface area contributed by atoms with Crippen LogP contribution in [0.25, 0.3) is 0 Å². The van der Waals surface area contributed by atoms with Gasteiger partial charge in [-0.15, -0.1) is 0 Å². The molecule has 1 aliphatic carbocycles. The molecule has 0 aromatic heterocycles. The molecule has 4 nitrogen and oxygen atoms in total. The van der Waals surface area contributed by atoms with Crippen molar-refractivity contribution < 1.29 is 27.4 Å². The van der Waals surface area contributed by atoms with Gasteiger partial charge in [-0.1, -0.05) is 25.7 Å². The van der Waals surface area contributed by atoms with Crippen LogP contribution in [-0.2, 0) is 15.7 Å². The van der Waals surface area contributed by atoms with Gasteiger partial charge in [-0.2, -0.15) is 13.2 Å². The lowest BCUT2D eigenvalue weighted by Gasteiger charge is -2.30. The van der Waals surface area contributed by atoms with E-state index in [0.29, 0.717) is 12.8 Å². The second kappa shape index (κ2) is 8.08. The highest BCUT2D eigenvalue weighted by Gasteiger charge is 2.39. The number of carbonyl (C=O) groups excluding carboxylic acids is 1. The molecular weight excluding hydrogens is 335 g/mol. The van der Waals surface area contributed by atoms with E-state index in [-0.39, 0.29) is 18.0 Å². The van der Waals surface area contributed by atoms with Gasteiger partial charge >= 0.3 is 6.18 Å². The smallest absolute Gasteiger partial charge is 0.420 e. The normalized spacial score (nSPS) is 17.6. The van der Waals surface area contributed by atoms with E-state index in [2.05, 4.69) is 5.32 Å². The van der Waals surface area contributed by atoms with E-state index in [1.807, 2.05) is 0 Å². The molecule has 0 spiro atoms. The first-order chi connectivity index (χ1) is 11.8. The number of methoxy groups -OCH3 is 1. The minimum absolute atomic E-state index is 0.0847. The Morgan fingerprint density at radius 1 is 1.20 bits per heavy atom. The van der Waals surface area contributed by atoms with Gasteiger partial charge in [0.1, 0.15) is 11.4 Å². The minimum atomic E-state index is -4.56. The van der Waals surface area contributed by atoms with E-state index in [4.69, 9.17) is 9.47 Å². The molecule has 1 aromatic rings. The molecule has 140 valence electrons. The van der Waals surface area contributed by atoms with Crippen LogP contribution in [0, 0.1) is 0 Å². The van der Waals surface area contributed by atoms with Crippen LogP contribution in [0.2, 0.25) is 0 Å². The SMILES string of the molecule is CCOc1ccc(NC(=O)C2(OC)CCCCCC2)cc1C(F)(F)F. The zero-order valence-corrected chi connectivity index (χ0v) is 14.5. The van der Waals surface area contributed by atoms with Crippen molar-refractivity contribution in [1.82, 2.24) is 0 Å². The number of hydrogen-bond donors (Lipinski definition) is 1. The summed E-state index contributed by atoms with van der Waals surface area (Å²) < 4.78 is 50.2. The molecular formula is C18H24F3NO3. The lowest BCUT2D eigenvalue weighted by Crippen LogP contribution is -2.44. The second-order valence-corrected chi connectivity index (χ2v) is 6.21. The third-order valence-electron chi connectivity index (χ3n) is 4.56. The van der Waals surface area contributed by atoms with E-state index in [1.54, 1.807) is 6.92 Å². The summed E-state index contributed by atoms with van der Waals surface area (Å²) in [6, 6.07) is 3.55. The zero-order valence-electron chi connectivity index (χ0n) is 14.5. The molecule has 1 saturated carbocycles. The number of halogens is 3. The summed E-state index contributed by atoms with van der Waals surface area (Å²) in [5.74, 6) is -0.641. The van der Waals surface area contributed by atoms with Gasteiger partial charge in [0.25, 0.3) is 5.91 Å². The Kier molecular flexibility index (Phi) is 6.32. The van der Waals surface area contributed by atoms with Crippen LogP contribution in [0.4, 0.5) is 18.9 Å². The summed E-state index contributed by atoms with van der Waals surface area (Å²) >= 11 is 0. The monoisotopic (exact) mass is 359 g/mol. The summed E-state index contributed by atoms with van der Waals surface area (Å²) in [7, 11) is 1.48. The summed E-state index contributed by atoms with van der Waals surface area (Å²) in [6.07, 6.45) is 0.347. The number of alkyl halides is 3. The first-order valence-corrected chi connectivity index (χ1v) is 8.53. The Hall–Kier alpha value is -1.76. The molecule has 0 bridgehead atoms. The van der Waals surface area contributed by atoms with Crippen LogP contribution >= 0.6 is 0 Å². The lowest BCUT2D eigenvalue weighted by molar-refractivity contribution is -0.140. The van der Waals surface area contributed by atoms with Gasteiger partial charge < -0.3 is 14.8 Å². The van der Waals surface area contributed by atoms with E-state index < -0.39 is 23.2 Å². The van der Waals surface area contributed by atoms with Crippen molar-refractivity contribution in [3.8, 4) is 5.75 Å². The Labute approximate surface area is 145 Å². The number of carbonyl (C=O) groups is 1. The van der Waals surface area contributed by atoms with Crippen LogP contribution in [0.1, 0.15) is 51.0 Å². The molecule has 7 heteroatoms. The van der Waals surface area contributed by atoms with Crippen molar-refractivity contribution in [2.45, 2.75) is 57.2 Å². The maximum Gasteiger partial charge on any atom is 0.420 e. The number of ether oxygens (including phenoxy) is 2. The zero-order chi connectivity index (χ0) is 18.5. The van der Waals surface area contributed by atoms with Crippen LogP contribution in [0.3, 0.4) is 0 Å². The number of hydrogen-bond acceptors (Lipinski definition) is 3. The summed E-state index contributed by atoms with van der Waals surface area (Å²) in [5, 5.41) is 2.59. The molecule has 1 fully saturated rings. The quantitative estimate of drug-likeness (QED) is 0.770. The number of anilines is 1. The number of nitrogens with one attached hydrogen (secondary N) is 1. The molecule has 1 aromatic carbocycles. The number of benzene rings is 1. The van der Waals surface area contributed by atoms with Gasteiger partial charge in [-0.3, -0.25) is 4.79 Å². The molecule has 0 radical (unpaired) electrons. The molecule has 0 heterocycles. The van der Waals surface area contributed by atoms with Gasteiger partial charge in [-0.05, 0) is 38.0 Å². The van der Waals surface area contributed by atoms with Crippen molar-refractivity contribution >= 4 is 11.6 Å². The molecule has 0 atom stereocenters. The fourth-order valence-corrected chi connectivity index (χ4v) is 3.18. The maximum atomic E-state index is 13.2. The van der Waals surface area contributed by atoms with Crippen molar-refractivity contribution in [3.63, 3.8) is 0 Å². The fourth-order valence-electron chi connectivity index (χ4n) is 3.18. The second-order valence-electron chi connectivity index (χ2n) is 6.21. The Bertz CT molecular complexity index is 594. The number of rotatable bonds is 5. The first kappa shape index (κ1) is 19.6. The highest BCUT2D eigenvalue weighted by atomic mass is 19.4. The molecule has 1 aliphatic rings. The average molecular weight is 359 g/mol. The van der Waals surface area contributed by atoms with E-state index in [9.17, 15) is 18.0 Å². The van der Waals surface area contributed by atoms with E-state index in [0.717, 1.165) is 31.7 Å². The van der Waals surface area contributed by atoms with Crippen LogP contribution < -0.4 is 10.1 Å². The van der Waals surface area contributed by atoms with Crippen LogP contribution in [0.5, 0.6) is 5.75 Å². The van der Waals surface area contributed by atoms with Crippen molar-refractivity contribution in [2.24, 2.45) is 0 Å². The van der Waals surface area contributed by atoms with Gasteiger partial charge in [0, 0.05) is 12.8 Å². The predicted octanol–water partition coefficient (Wildman–Crippen LogP) is 4.78. The summed E-state index contributed by atoms with van der Waals surface area (Å²) in [6.45, 7) is 1.74. The van der Waals surface area contributed by atoms with Gasteiger partial charge in [-0.25, -0.2) is 0 Å². The third-order valence-corrected chi connectivity index (χ3v) is 4.56. The molecule has 0 unspecified atom stereocenters. The summed E-state index contributed by atoms with van der Waals surface area (Å²) in [5.41, 5.74) is -1.80. The van der Waals surface area contributed by atoms with Gasteiger partial charge in [0.15, 0.2) is 0 Å².